The van der Waals surface area contributed by atoms with Gasteiger partial charge in [-0.3, -0.25) is 9.59 Å². The molecule has 0 radical (unpaired) electrons. The zero-order valence-electron chi connectivity index (χ0n) is 14.3. The van der Waals surface area contributed by atoms with Crippen LogP contribution >= 0.6 is 23.2 Å². The largest absolute Gasteiger partial charge is 0.368 e. The van der Waals surface area contributed by atoms with Gasteiger partial charge >= 0.3 is 11.8 Å². The van der Waals surface area contributed by atoms with Crippen LogP contribution in [0.1, 0.15) is 5.56 Å². The fourth-order valence-electron chi connectivity index (χ4n) is 2.89. The summed E-state index contributed by atoms with van der Waals surface area (Å²) in [6, 6.07) is 12.9. The van der Waals surface area contributed by atoms with Crippen molar-refractivity contribution >= 4 is 46.4 Å². The summed E-state index contributed by atoms with van der Waals surface area (Å²) in [5.74, 6) is -1.22. The van der Waals surface area contributed by atoms with Gasteiger partial charge in [-0.1, -0.05) is 35.3 Å². The van der Waals surface area contributed by atoms with Crippen molar-refractivity contribution in [2.45, 2.75) is 6.92 Å². The third-order valence-electron chi connectivity index (χ3n) is 4.31. The van der Waals surface area contributed by atoms with Crippen molar-refractivity contribution < 1.29 is 9.59 Å². The molecule has 5 nitrogen and oxygen atoms in total. The minimum atomic E-state index is -0.674. The summed E-state index contributed by atoms with van der Waals surface area (Å²) in [6.07, 6.45) is 0. The molecule has 136 valence electrons. The fourth-order valence-corrected chi connectivity index (χ4v) is 3.19. The molecule has 2 aromatic rings. The highest BCUT2D eigenvalue weighted by Crippen LogP contribution is 2.25. The van der Waals surface area contributed by atoms with Gasteiger partial charge in [0.25, 0.3) is 0 Å². The standard InChI is InChI=1S/C19H19Cl2N3O2/c1-13-3-2-4-15(11-13)23-7-9-24(10-8-23)19(26)18(25)22-14-5-6-16(20)17(21)12-14/h2-6,11-12H,7-10H2,1H3,(H,22,25). The molecule has 7 heteroatoms. The minimum absolute atomic E-state index is 0.323. The molecular weight excluding hydrogens is 373 g/mol. The first-order valence-corrected chi connectivity index (χ1v) is 9.06. The third-order valence-corrected chi connectivity index (χ3v) is 5.04. The number of halogens is 2. The molecule has 0 spiro atoms. The van der Waals surface area contributed by atoms with Crippen LogP contribution in [0, 0.1) is 6.92 Å². The quantitative estimate of drug-likeness (QED) is 0.795. The summed E-state index contributed by atoms with van der Waals surface area (Å²) < 4.78 is 0. The number of aryl methyl sites for hydroxylation is 1. The smallest absolute Gasteiger partial charge is 0.313 e. The summed E-state index contributed by atoms with van der Waals surface area (Å²) in [4.78, 5) is 28.4. The van der Waals surface area contributed by atoms with Gasteiger partial charge in [0.2, 0.25) is 0 Å². The van der Waals surface area contributed by atoms with Crippen molar-refractivity contribution in [2.75, 3.05) is 36.4 Å². The van der Waals surface area contributed by atoms with E-state index in [4.69, 9.17) is 23.2 Å². The van der Waals surface area contributed by atoms with Crippen molar-refractivity contribution in [3.63, 3.8) is 0 Å². The second-order valence-corrected chi connectivity index (χ2v) is 7.02. The van der Waals surface area contributed by atoms with Gasteiger partial charge in [0.05, 0.1) is 10.0 Å². The lowest BCUT2D eigenvalue weighted by Crippen LogP contribution is -2.51. The molecule has 2 amide bonds. The highest BCUT2D eigenvalue weighted by atomic mass is 35.5. The first-order chi connectivity index (χ1) is 12.4. The first-order valence-electron chi connectivity index (χ1n) is 8.31. The van der Waals surface area contributed by atoms with Crippen LogP contribution in [0.5, 0.6) is 0 Å². The maximum absolute atomic E-state index is 12.4. The third kappa shape index (κ3) is 4.29. The Balaban J connectivity index is 1.57. The molecule has 1 heterocycles. The predicted octanol–water partition coefficient (Wildman–Crippen LogP) is 3.59. The Bertz CT molecular complexity index is 833. The number of carbonyl (C=O) groups is 2. The molecule has 2 aromatic carbocycles. The molecule has 1 fully saturated rings. The summed E-state index contributed by atoms with van der Waals surface area (Å²) in [6.45, 7) is 4.43. The average Bonchev–Trinajstić information content (AvgIpc) is 2.64. The van der Waals surface area contributed by atoms with Crippen LogP contribution in [0.4, 0.5) is 11.4 Å². The van der Waals surface area contributed by atoms with Gasteiger partial charge in [-0.05, 0) is 42.8 Å². The molecule has 0 bridgehead atoms. The monoisotopic (exact) mass is 391 g/mol. The van der Waals surface area contributed by atoms with Gasteiger partial charge in [-0.2, -0.15) is 0 Å². The van der Waals surface area contributed by atoms with E-state index in [0.29, 0.717) is 41.9 Å². The molecule has 1 aliphatic rings. The van der Waals surface area contributed by atoms with Crippen molar-refractivity contribution in [1.29, 1.82) is 0 Å². The molecular formula is C19H19Cl2N3O2. The SMILES string of the molecule is Cc1cccc(N2CCN(C(=O)C(=O)Nc3ccc(Cl)c(Cl)c3)CC2)c1. The summed E-state index contributed by atoms with van der Waals surface area (Å²) >= 11 is 11.8. The number of anilines is 2. The van der Waals surface area contributed by atoms with Gasteiger partial charge in [0, 0.05) is 37.6 Å². The lowest BCUT2D eigenvalue weighted by molar-refractivity contribution is -0.143. The highest BCUT2D eigenvalue weighted by molar-refractivity contribution is 6.42. The minimum Gasteiger partial charge on any atom is -0.368 e. The molecule has 0 atom stereocenters. The Morgan fingerprint density at radius 1 is 0.962 bits per heavy atom. The van der Waals surface area contributed by atoms with E-state index in [2.05, 4.69) is 35.3 Å². The highest BCUT2D eigenvalue weighted by Gasteiger charge is 2.26. The normalized spacial score (nSPS) is 14.3. The Labute approximate surface area is 162 Å². The van der Waals surface area contributed by atoms with Crippen LogP contribution in [0.25, 0.3) is 0 Å². The van der Waals surface area contributed by atoms with E-state index in [1.807, 2.05) is 6.07 Å². The van der Waals surface area contributed by atoms with Crippen LogP contribution in [-0.2, 0) is 9.59 Å². The number of nitrogens with zero attached hydrogens (tertiary/aromatic N) is 2. The second kappa shape index (κ2) is 7.98. The number of nitrogens with one attached hydrogen (secondary N) is 1. The lowest BCUT2D eigenvalue weighted by Gasteiger charge is -2.35. The van der Waals surface area contributed by atoms with Gasteiger partial charge in [-0.25, -0.2) is 0 Å². The lowest BCUT2D eigenvalue weighted by atomic mass is 10.2. The Morgan fingerprint density at radius 3 is 2.35 bits per heavy atom. The second-order valence-electron chi connectivity index (χ2n) is 6.20. The molecule has 1 N–H and O–H groups in total. The molecule has 0 aliphatic carbocycles. The van der Waals surface area contributed by atoms with Crippen LogP contribution in [0.15, 0.2) is 42.5 Å². The van der Waals surface area contributed by atoms with Gasteiger partial charge < -0.3 is 15.1 Å². The number of amides is 2. The van der Waals surface area contributed by atoms with E-state index < -0.39 is 11.8 Å². The molecule has 1 aliphatic heterocycles. The van der Waals surface area contributed by atoms with Gasteiger partial charge in [-0.15, -0.1) is 0 Å². The number of benzene rings is 2. The summed E-state index contributed by atoms with van der Waals surface area (Å²) in [5, 5.41) is 3.29. The zero-order chi connectivity index (χ0) is 18.7. The summed E-state index contributed by atoms with van der Waals surface area (Å²) in [5.41, 5.74) is 2.77. The topological polar surface area (TPSA) is 52.7 Å². The summed E-state index contributed by atoms with van der Waals surface area (Å²) in [7, 11) is 0. The molecule has 26 heavy (non-hydrogen) atoms. The average molecular weight is 392 g/mol. The van der Waals surface area contributed by atoms with E-state index in [9.17, 15) is 9.59 Å². The maximum Gasteiger partial charge on any atom is 0.313 e. The van der Waals surface area contributed by atoms with Crippen LogP contribution < -0.4 is 10.2 Å². The van der Waals surface area contributed by atoms with E-state index in [-0.39, 0.29) is 0 Å². The van der Waals surface area contributed by atoms with E-state index >= 15 is 0 Å². The number of hydrogen-bond acceptors (Lipinski definition) is 3. The van der Waals surface area contributed by atoms with Crippen molar-refractivity contribution in [3.8, 4) is 0 Å². The van der Waals surface area contributed by atoms with E-state index in [1.54, 1.807) is 17.0 Å². The number of carbonyl (C=O) groups excluding carboxylic acids is 2. The molecule has 3 rings (SSSR count). The van der Waals surface area contributed by atoms with E-state index in [0.717, 1.165) is 5.69 Å². The maximum atomic E-state index is 12.4. The van der Waals surface area contributed by atoms with Crippen LogP contribution in [0.3, 0.4) is 0 Å². The Kier molecular flexibility index (Phi) is 5.69. The molecule has 1 saturated heterocycles. The van der Waals surface area contributed by atoms with Crippen molar-refractivity contribution in [3.05, 3.63) is 58.1 Å². The molecule has 0 unspecified atom stereocenters. The zero-order valence-corrected chi connectivity index (χ0v) is 15.8. The van der Waals surface area contributed by atoms with Crippen LogP contribution in [-0.4, -0.2) is 42.9 Å². The number of rotatable bonds is 2. The Hall–Kier alpha value is -2.24. The van der Waals surface area contributed by atoms with Gasteiger partial charge in [0.15, 0.2) is 0 Å². The predicted molar refractivity (Wildman–Crippen MR) is 105 cm³/mol. The number of hydrogen-bond donors (Lipinski definition) is 1. The molecule has 0 aromatic heterocycles. The van der Waals surface area contributed by atoms with Crippen molar-refractivity contribution in [2.24, 2.45) is 0 Å². The van der Waals surface area contributed by atoms with Gasteiger partial charge in [0.1, 0.15) is 0 Å². The fraction of sp³-hybridized carbons (Fsp3) is 0.263. The Morgan fingerprint density at radius 2 is 1.69 bits per heavy atom. The molecule has 0 saturated carbocycles. The van der Waals surface area contributed by atoms with E-state index in [1.165, 1.54) is 11.6 Å². The van der Waals surface area contributed by atoms with Crippen molar-refractivity contribution in [1.82, 2.24) is 4.90 Å². The number of piperazine rings is 1. The first kappa shape index (κ1) is 18.5. The van der Waals surface area contributed by atoms with Crippen LogP contribution in [0.2, 0.25) is 10.0 Å².